The molecule has 0 saturated heterocycles. The van der Waals surface area contributed by atoms with Crippen LogP contribution in [0.15, 0.2) is 84.2 Å². The van der Waals surface area contributed by atoms with Gasteiger partial charge in [0.2, 0.25) is 0 Å². The summed E-state index contributed by atoms with van der Waals surface area (Å²) in [6.45, 7) is 1.74. The molecule has 5 rings (SSSR count). The second-order valence-corrected chi connectivity index (χ2v) is 9.14. The van der Waals surface area contributed by atoms with Crippen molar-refractivity contribution in [1.82, 2.24) is 9.78 Å². The molecular formula is C30H28FN5O5. The molecule has 41 heavy (non-hydrogen) atoms. The van der Waals surface area contributed by atoms with Gasteiger partial charge in [0.15, 0.2) is 0 Å². The molecule has 210 valence electrons. The zero-order chi connectivity index (χ0) is 29.1. The maximum atomic E-state index is 13.9. The molecule has 1 aliphatic rings. The number of nitrogens with one attached hydrogen (secondary N) is 3. The second kappa shape index (κ2) is 11.4. The van der Waals surface area contributed by atoms with Gasteiger partial charge in [-0.3, -0.25) is 9.59 Å². The predicted octanol–water partition coefficient (Wildman–Crippen LogP) is 5.23. The summed E-state index contributed by atoms with van der Waals surface area (Å²) in [5.74, 6) is 0.617. The largest absolute Gasteiger partial charge is 0.497 e. The standard InChI is InChI=1S/C30H28FN5O5/c1-17-26(30(38)35-23-7-5-6-8-25(23)41-4)27(21-15-20(39-2)13-14-24(21)40-3)36-28(33-17)22(16-32-36)29(37)34-19-11-9-18(31)10-12-19/h5-16,27,33H,1-4H3,(H,34,37)(H,35,38)/t27-/m0/s1. The van der Waals surface area contributed by atoms with E-state index < -0.39 is 23.7 Å². The number of fused-ring (bicyclic) bond motifs is 1. The van der Waals surface area contributed by atoms with Crippen molar-refractivity contribution in [1.29, 1.82) is 0 Å². The zero-order valence-corrected chi connectivity index (χ0v) is 22.8. The Morgan fingerprint density at radius 2 is 1.63 bits per heavy atom. The van der Waals surface area contributed by atoms with E-state index in [1.54, 1.807) is 61.2 Å². The number of hydrogen-bond donors (Lipinski definition) is 3. The molecule has 0 aliphatic carbocycles. The fourth-order valence-corrected chi connectivity index (χ4v) is 4.73. The molecule has 11 heteroatoms. The molecule has 1 atom stereocenters. The molecule has 0 spiro atoms. The van der Waals surface area contributed by atoms with Crippen molar-refractivity contribution in [3.8, 4) is 17.2 Å². The van der Waals surface area contributed by atoms with Gasteiger partial charge in [-0.2, -0.15) is 5.10 Å². The highest BCUT2D eigenvalue weighted by molar-refractivity contribution is 6.10. The van der Waals surface area contributed by atoms with E-state index in [-0.39, 0.29) is 5.56 Å². The molecule has 3 N–H and O–H groups in total. The minimum Gasteiger partial charge on any atom is -0.497 e. The number of nitrogens with zero attached hydrogens (tertiary/aromatic N) is 2. The van der Waals surface area contributed by atoms with Crippen molar-refractivity contribution in [2.45, 2.75) is 13.0 Å². The van der Waals surface area contributed by atoms with E-state index in [2.05, 4.69) is 21.0 Å². The molecule has 10 nitrogen and oxygen atoms in total. The highest BCUT2D eigenvalue weighted by Gasteiger charge is 2.37. The van der Waals surface area contributed by atoms with Gasteiger partial charge in [0.05, 0.1) is 38.8 Å². The summed E-state index contributed by atoms with van der Waals surface area (Å²) in [4.78, 5) is 27.2. The first-order valence-corrected chi connectivity index (χ1v) is 12.6. The molecule has 2 amide bonds. The summed E-state index contributed by atoms with van der Waals surface area (Å²) in [7, 11) is 4.60. The maximum Gasteiger partial charge on any atom is 0.261 e. The van der Waals surface area contributed by atoms with E-state index in [1.807, 2.05) is 0 Å². The summed E-state index contributed by atoms with van der Waals surface area (Å²) in [6, 6.07) is 17.0. The number of ether oxygens (including phenoxy) is 3. The first kappa shape index (κ1) is 27.3. The number of amides is 2. The number of carbonyl (C=O) groups excluding carboxylic acids is 2. The van der Waals surface area contributed by atoms with Crippen LogP contribution in [0.25, 0.3) is 0 Å². The van der Waals surface area contributed by atoms with E-state index >= 15 is 0 Å². The molecule has 0 unspecified atom stereocenters. The van der Waals surface area contributed by atoms with E-state index in [4.69, 9.17) is 14.2 Å². The van der Waals surface area contributed by atoms with Crippen molar-refractivity contribution in [3.63, 3.8) is 0 Å². The number of methoxy groups -OCH3 is 3. The lowest BCUT2D eigenvalue weighted by Crippen LogP contribution is -2.32. The van der Waals surface area contributed by atoms with Gasteiger partial charge in [0, 0.05) is 16.9 Å². The van der Waals surface area contributed by atoms with Gasteiger partial charge in [-0.1, -0.05) is 12.1 Å². The lowest BCUT2D eigenvalue weighted by atomic mass is 9.93. The summed E-state index contributed by atoms with van der Waals surface area (Å²) in [5.41, 5.74) is 2.56. The van der Waals surface area contributed by atoms with Crippen molar-refractivity contribution in [2.75, 3.05) is 37.3 Å². The average molecular weight is 558 g/mol. The lowest BCUT2D eigenvalue weighted by Gasteiger charge is -2.31. The molecule has 1 aromatic heterocycles. The first-order chi connectivity index (χ1) is 19.8. The van der Waals surface area contributed by atoms with Crippen LogP contribution in [0, 0.1) is 5.82 Å². The van der Waals surface area contributed by atoms with Crippen LogP contribution < -0.4 is 30.2 Å². The van der Waals surface area contributed by atoms with Gasteiger partial charge in [-0.15, -0.1) is 0 Å². The summed E-state index contributed by atoms with van der Waals surface area (Å²) < 4.78 is 31.5. The minimum absolute atomic E-state index is 0.227. The molecule has 2 heterocycles. The van der Waals surface area contributed by atoms with Crippen molar-refractivity contribution >= 4 is 29.0 Å². The molecule has 0 fully saturated rings. The quantitative estimate of drug-likeness (QED) is 0.272. The first-order valence-electron chi connectivity index (χ1n) is 12.6. The Balaban J connectivity index is 1.60. The Morgan fingerprint density at radius 3 is 2.34 bits per heavy atom. The second-order valence-electron chi connectivity index (χ2n) is 9.14. The fourth-order valence-electron chi connectivity index (χ4n) is 4.73. The van der Waals surface area contributed by atoms with Crippen molar-refractivity contribution in [2.24, 2.45) is 0 Å². The molecule has 0 bridgehead atoms. The van der Waals surface area contributed by atoms with Crippen LogP contribution in [0.5, 0.6) is 17.2 Å². The third-order valence-corrected chi connectivity index (χ3v) is 6.70. The van der Waals surface area contributed by atoms with Crippen LogP contribution in [-0.4, -0.2) is 42.9 Å². The molecule has 4 aromatic rings. The summed E-state index contributed by atoms with van der Waals surface area (Å²) >= 11 is 0. The third-order valence-electron chi connectivity index (χ3n) is 6.70. The smallest absolute Gasteiger partial charge is 0.261 e. The Morgan fingerprint density at radius 1 is 0.902 bits per heavy atom. The average Bonchev–Trinajstić information content (AvgIpc) is 3.41. The maximum absolute atomic E-state index is 13.9. The van der Waals surface area contributed by atoms with Gasteiger partial charge in [0.25, 0.3) is 11.8 Å². The predicted molar refractivity (Wildman–Crippen MR) is 152 cm³/mol. The number of aromatic nitrogens is 2. The number of hydrogen-bond acceptors (Lipinski definition) is 7. The number of halogens is 1. The third kappa shape index (κ3) is 5.29. The van der Waals surface area contributed by atoms with Crippen molar-refractivity contribution in [3.05, 3.63) is 101 Å². The van der Waals surface area contributed by atoms with Crippen LogP contribution in [0.3, 0.4) is 0 Å². The Bertz CT molecular complexity index is 1650. The van der Waals surface area contributed by atoms with Gasteiger partial charge < -0.3 is 30.2 Å². The number of rotatable bonds is 8. The summed E-state index contributed by atoms with van der Waals surface area (Å²) in [5, 5.41) is 13.4. The van der Waals surface area contributed by atoms with E-state index in [9.17, 15) is 14.0 Å². The lowest BCUT2D eigenvalue weighted by molar-refractivity contribution is -0.113. The van der Waals surface area contributed by atoms with E-state index in [1.165, 1.54) is 44.7 Å². The Labute approximate surface area is 235 Å². The van der Waals surface area contributed by atoms with Crippen LogP contribution >= 0.6 is 0 Å². The van der Waals surface area contributed by atoms with Gasteiger partial charge >= 0.3 is 0 Å². The number of allylic oxidation sites excluding steroid dienone is 1. The van der Waals surface area contributed by atoms with Crippen LogP contribution in [0.2, 0.25) is 0 Å². The van der Waals surface area contributed by atoms with Crippen LogP contribution in [0.4, 0.5) is 21.6 Å². The SMILES string of the molecule is COc1ccc(OC)c([C@H]2C(C(=O)Nc3ccccc3OC)=C(C)Nc3c(C(=O)Nc4ccc(F)cc4)cnn32)c1. The zero-order valence-electron chi connectivity index (χ0n) is 22.8. The topological polar surface area (TPSA) is 116 Å². The summed E-state index contributed by atoms with van der Waals surface area (Å²) in [6.07, 6.45) is 1.41. The minimum atomic E-state index is -0.807. The molecule has 3 aromatic carbocycles. The van der Waals surface area contributed by atoms with Crippen molar-refractivity contribution < 1.29 is 28.2 Å². The van der Waals surface area contributed by atoms with E-state index in [0.29, 0.717) is 51.3 Å². The fraction of sp³-hybridized carbons (Fsp3) is 0.167. The molecule has 0 radical (unpaired) electrons. The van der Waals surface area contributed by atoms with Gasteiger partial charge in [0.1, 0.15) is 40.5 Å². The number of benzene rings is 3. The molecule has 0 saturated carbocycles. The normalized spacial score (nSPS) is 14.0. The molecular weight excluding hydrogens is 529 g/mol. The number of anilines is 3. The number of carbonyl (C=O) groups is 2. The van der Waals surface area contributed by atoms with Crippen LogP contribution in [-0.2, 0) is 4.79 Å². The number of para-hydroxylation sites is 2. The Kier molecular flexibility index (Phi) is 7.59. The van der Waals surface area contributed by atoms with Crippen LogP contribution in [0.1, 0.15) is 28.9 Å². The van der Waals surface area contributed by atoms with E-state index in [0.717, 1.165) is 0 Å². The Hall–Kier alpha value is -5.32. The highest BCUT2D eigenvalue weighted by Crippen LogP contribution is 2.42. The van der Waals surface area contributed by atoms with Gasteiger partial charge in [-0.25, -0.2) is 9.07 Å². The molecule has 1 aliphatic heterocycles. The van der Waals surface area contributed by atoms with Gasteiger partial charge in [-0.05, 0) is 61.5 Å². The monoisotopic (exact) mass is 557 g/mol. The highest BCUT2D eigenvalue weighted by atomic mass is 19.1.